The van der Waals surface area contributed by atoms with Crippen LogP contribution in [0.4, 0.5) is 10.1 Å². The van der Waals surface area contributed by atoms with Gasteiger partial charge in [0.15, 0.2) is 0 Å². The summed E-state index contributed by atoms with van der Waals surface area (Å²) >= 11 is 0. The number of carbonyl (C=O) groups is 1. The minimum atomic E-state index is -0.749. The van der Waals surface area contributed by atoms with Gasteiger partial charge in [-0.2, -0.15) is 4.39 Å². The minimum absolute atomic E-state index is 0.0816. The van der Waals surface area contributed by atoms with E-state index < -0.39 is 11.9 Å². The van der Waals surface area contributed by atoms with Gasteiger partial charge in [-0.1, -0.05) is 0 Å². The Bertz CT molecular complexity index is 1140. The van der Waals surface area contributed by atoms with E-state index in [9.17, 15) is 14.0 Å². The number of amides is 1. The van der Waals surface area contributed by atoms with Gasteiger partial charge < -0.3 is 15.6 Å². The minimum Gasteiger partial charge on any atom is -0.365 e. The van der Waals surface area contributed by atoms with Crippen LogP contribution in [0.25, 0.3) is 11.0 Å². The highest BCUT2D eigenvalue weighted by Crippen LogP contribution is 2.21. The van der Waals surface area contributed by atoms with E-state index in [1.54, 1.807) is 19.1 Å². The molecule has 3 aromatic rings. The molecule has 0 saturated carbocycles. The molecule has 4 rings (SSSR count). The van der Waals surface area contributed by atoms with Gasteiger partial charge >= 0.3 is 0 Å². The summed E-state index contributed by atoms with van der Waals surface area (Å²) in [5.41, 5.74) is 8.45. The smallest absolute Gasteiger partial charge is 0.267 e. The van der Waals surface area contributed by atoms with E-state index in [0.29, 0.717) is 30.9 Å². The molecular weight excluding hydrogens is 375 g/mol. The third-order valence-corrected chi connectivity index (χ3v) is 5.14. The predicted octanol–water partition coefficient (Wildman–Crippen LogP) is 1.19. The number of H-pyrrole nitrogens is 1. The van der Waals surface area contributed by atoms with Crippen molar-refractivity contribution in [3.8, 4) is 0 Å². The van der Waals surface area contributed by atoms with Gasteiger partial charge in [0.25, 0.3) is 11.5 Å². The lowest BCUT2D eigenvalue weighted by atomic mass is 10.2. The summed E-state index contributed by atoms with van der Waals surface area (Å²) in [5.74, 6) is -1.44. The second kappa shape index (κ2) is 7.59. The van der Waals surface area contributed by atoms with Crippen LogP contribution in [0.1, 0.15) is 21.6 Å². The molecule has 150 valence electrons. The van der Waals surface area contributed by atoms with Crippen molar-refractivity contribution in [3.05, 3.63) is 63.6 Å². The number of hydrogen-bond donors (Lipinski definition) is 2. The largest absolute Gasteiger partial charge is 0.365 e. The molecule has 3 aromatic heterocycles. The quantitative estimate of drug-likeness (QED) is 0.642. The van der Waals surface area contributed by atoms with Gasteiger partial charge in [-0.15, -0.1) is 0 Å². The fraction of sp³-hybridized carbons (Fsp3) is 0.300. The summed E-state index contributed by atoms with van der Waals surface area (Å²) in [6.45, 7) is 5.18. The van der Waals surface area contributed by atoms with Crippen LogP contribution < -0.4 is 16.2 Å². The first-order valence-corrected chi connectivity index (χ1v) is 9.33. The zero-order valence-corrected chi connectivity index (χ0v) is 16.0. The molecular formula is C20H21FN6O2. The van der Waals surface area contributed by atoms with E-state index in [0.717, 1.165) is 29.7 Å². The number of rotatable bonds is 4. The third kappa shape index (κ3) is 3.95. The zero-order valence-electron chi connectivity index (χ0n) is 16.0. The number of aromatic nitrogens is 3. The zero-order chi connectivity index (χ0) is 20.5. The lowest BCUT2D eigenvalue weighted by Gasteiger charge is -2.36. The van der Waals surface area contributed by atoms with Gasteiger partial charge in [-0.3, -0.25) is 19.5 Å². The summed E-state index contributed by atoms with van der Waals surface area (Å²) in [7, 11) is 0. The van der Waals surface area contributed by atoms with Crippen LogP contribution in [0.5, 0.6) is 0 Å². The highest BCUT2D eigenvalue weighted by molar-refractivity contribution is 5.90. The molecule has 1 fully saturated rings. The van der Waals surface area contributed by atoms with Crippen molar-refractivity contribution in [1.82, 2.24) is 19.9 Å². The number of carbonyl (C=O) groups excluding carboxylic acids is 1. The molecule has 0 radical (unpaired) electrons. The number of anilines is 1. The Hall–Kier alpha value is -3.33. The summed E-state index contributed by atoms with van der Waals surface area (Å²) in [4.78, 5) is 38.0. The molecule has 0 aromatic carbocycles. The molecule has 9 heteroatoms. The van der Waals surface area contributed by atoms with E-state index in [-0.39, 0.29) is 11.3 Å². The Morgan fingerprint density at radius 2 is 2.00 bits per heavy atom. The van der Waals surface area contributed by atoms with Crippen molar-refractivity contribution < 1.29 is 9.18 Å². The van der Waals surface area contributed by atoms with Crippen LogP contribution in [-0.2, 0) is 6.54 Å². The first kappa shape index (κ1) is 19.0. The summed E-state index contributed by atoms with van der Waals surface area (Å²) in [6.07, 6.45) is 1.82. The van der Waals surface area contributed by atoms with E-state index in [1.807, 2.05) is 17.2 Å². The molecule has 29 heavy (non-hydrogen) atoms. The topological polar surface area (TPSA) is 108 Å². The second-order valence-corrected chi connectivity index (χ2v) is 7.19. The number of hydrogen-bond acceptors (Lipinski definition) is 6. The summed E-state index contributed by atoms with van der Waals surface area (Å²) in [6, 6.07) is 6.71. The fourth-order valence-corrected chi connectivity index (χ4v) is 3.52. The number of nitrogens with two attached hydrogens (primary N) is 1. The van der Waals surface area contributed by atoms with Gasteiger partial charge in [0.05, 0.1) is 16.7 Å². The molecule has 1 amide bonds. The predicted molar refractivity (Wildman–Crippen MR) is 107 cm³/mol. The number of nitrogens with one attached hydrogen (secondary N) is 1. The second-order valence-electron chi connectivity index (χ2n) is 7.19. The van der Waals surface area contributed by atoms with Crippen molar-refractivity contribution in [1.29, 1.82) is 0 Å². The standard InChI is InChI=1S/C20H21FN6O2/c1-12-8-15-16(25-20(12)29)9-13(10-23-15)11-26-4-6-27(7-5-26)17-3-2-14(19(22)28)24-18(17)21/h2-3,8-10H,4-7,11H2,1H3,(H2,22,28)(H,25,29). The van der Waals surface area contributed by atoms with Crippen molar-refractivity contribution in [2.24, 2.45) is 5.73 Å². The SMILES string of the molecule is Cc1cc2ncc(CN3CCN(c4ccc(C(N)=O)nc4F)CC3)cc2[nH]c1=O. The first-order chi connectivity index (χ1) is 13.9. The monoisotopic (exact) mass is 396 g/mol. The number of nitrogens with zero attached hydrogens (tertiary/aromatic N) is 4. The first-order valence-electron chi connectivity index (χ1n) is 9.33. The van der Waals surface area contributed by atoms with Crippen molar-refractivity contribution in [2.75, 3.05) is 31.1 Å². The van der Waals surface area contributed by atoms with Crippen LogP contribution in [0, 0.1) is 12.9 Å². The molecule has 0 unspecified atom stereocenters. The molecule has 0 atom stereocenters. The molecule has 3 N–H and O–H groups in total. The van der Waals surface area contributed by atoms with Crippen LogP contribution in [0.2, 0.25) is 0 Å². The van der Waals surface area contributed by atoms with Crippen LogP contribution in [0.15, 0.2) is 35.3 Å². The molecule has 1 aliphatic heterocycles. The van der Waals surface area contributed by atoms with Crippen molar-refractivity contribution in [3.63, 3.8) is 0 Å². The fourth-order valence-electron chi connectivity index (χ4n) is 3.52. The molecule has 0 spiro atoms. The Balaban J connectivity index is 1.42. The number of aromatic amines is 1. The van der Waals surface area contributed by atoms with Gasteiger partial charge in [0, 0.05) is 44.5 Å². The van der Waals surface area contributed by atoms with E-state index in [1.165, 1.54) is 6.07 Å². The number of fused-ring (bicyclic) bond motifs is 1. The maximum absolute atomic E-state index is 14.2. The maximum Gasteiger partial charge on any atom is 0.267 e. The normalized spacial score (nSPS) is 15.0. The molecule has 1 aliphatic rings. The highest BCUT2D eigenvalue weighted by atomic mass is 19.1. The number of aryl methyl sites for hydroxylation is 1. The molecule has 4 heterocycles. The molecule has 0 aliphatic carbocycles. The summed E-state index contributed by atoms with van der Waals surface area (Å²) in [5, 5.41) is 0. The van der Waals surface area contributed by atoms with Crippen molar-refractivity contribution >= 4 is 22.6 Å². The van der Waals surface area contributed by atoms with E-state index >= 15 is 0 Å². The van der Waals surface area contributed by atoms with Crippen LogP contribution in [0.3, 0.4) is 0 Å². The lowest BCUT2D eigenvalue weighted by Crippen LogP contribution is -2.46. The number of primary amides is 1. The van der Waals surface area contributed by atoms with Crippen LogP contribution in [-0.4, -0.2) is 51.9 Å². The van der Waals surface area contributed by atoms with E-state index in [2.05, 4.69) is 19.9 Å². The van der Waals surface area contributed by atoms with Gasteiger partial charge in [-0.05, 0) is 36.8 Å². The average molecular weight is 396 g/mol. The molecule has 8 nitrogen and oxygen atoms in total. The molecule has 0 bridgehead atoms. The van der Waals surface area contributed by atoms with E-state index in [4.69, 9.17) is 5.73 Å². The number of piperazine rings is 1. The lowest BCUT2D eigenvalue weighted by molar-refractivity contribution is 0.0994. The highest BCUT2D eigenvalue weighted by Gasteiger charge is 2.21. The Labute approximate surface area is 166 Å². The third-order valence-electron chi connectivity index (χ3n) is 5.14. The van der Waals surface area contributed by atoms with Crippen molar-refractivity contribution in [2.45, 2.75) is 13.5 Å². The Morgan fingerprint density at radius 3 is 2.69 bits per heavy atom. The maximum atomic E-state index is 14.2. The number of halogens is 1. The molecule has 1 saturated heterocycles. The summed E-state index contributed by atoms with van der Waals surface area (Å²) < 4.78 is 14.2. The van der Waals surface area contributed by atoms with Gasteiger partial charge in [0.2, 0.25) is 5.95 Å². The van der Waals surface area contributed by atoms with Crippen LogP contribution >= 0.6 is 0 Å². The van der Waals surface area contributed by atoms with Gasteiger partial charge in [-0.25, -0.2) is 4.98 Å². The average Bonchev–Trinajstić information content (AvgIpc) is 2.70. The Morgan fingerprint density at radius 1 is 1.24 bits per heavy atom. The van der Waals surface area contributed by atoms with Gasteiger partial charge in [0.1, 0.15) is 5.69 Å². The number of pyridine rings is 3. The Kier molecular flexibility index (Phi) is 4.98.